The molecule has 1 aromatic rings. The second-order valence-corrected chi connectivity index (χ2v) is 6.31. The maximum atomic E-state index is 12.8. The van der Waals surface area contributed by atoms with Gasteiger partial charge in [-0.15, -0.1) is 0 Å². The smallest absolute Gasteiger partial charge is 0.242 e. The van der Waals surface area contributed by atoms with Gasteiger partial charge in [0.1, 0.15) is 0 Å². The van der Waals surface area contributed by atoms with Crippen LogP contribution in [0.2, 0.25) is 0 Å². The van der Waals surface area contributed by atoms with Crippen LogP contribution in [0, 0.1) is 0 Å². The van der Waals surface area contributed by atoms with Crippen LogP contribution in [0.25, 0.3) is 0 Å². The molecule has 2 rings (SSSR count). The minimum atomic E-state index is 0.0489. The zero-order valence-corrected chi connectivity index (χ0v) is 13.7. The molecule has 1 aliphatic carbocycles. The minimum absolute atomic E-state index is 0.0489. The van der Waals surface area contributed by atoms with E-state index in [0.29, 0.717) is 19.1 Å². The number of hydrogen-bond donors (Lipinski definition) is 1. The third-order valence-electron chi connectivity index (χ3n) is 4.38. The fourth-order valence-electron chi connectivity index (χ4n) is 3.40. The van der Waals surface area contributed by atoms with Gasteiger partial charge in [0.05, 0.1) is 13.2 Å². The van der Waals surface area contributed by atoms with Crippen LogP contribution in [0.3, 0.4) is 0 Å². The molecule has 1 aliphatic rings. The summed E-state index contributed by atoms with van der Waals surface area (Å²) in [4.78, 5) is 16.9. The Hall–Kier alpha value is -1.55. The first-order chi connectivity index (χ1) is 10.6. The Bertz CT molecular complexity index is 455. The lowest BCUT2D eigenvalue weighted by atomic mass is 10.1. The van der Waals surface area contributed by atoms with Gasteiger partial charge < -0.3 is 14.9 Å². The van der Waals surface area contributed by atoms with Crippen molar-refractivity contribution in [3.8, 4) is 0 Å². The van der Waals surface area contributed by atoms with Gasteiger partial charge in [-0.1, -0.05) is 31.0 Å². The van der Waals surface area contributed by atoms with E-state index in [4.69, 9.17) is 0 Å². The monoisotopic (exact) mass is 304 g/mol. The molecule has 4 nitrogen and oxygen atoms in total. The Morgan fingerprint density at radius 3 is 2.41 bits per heavy atom. The number of para-hydroxylation sites is 1. The fourth-order valence-corrected chi connectivity index (χ4v) is 3.40. The molecule has 0 spiro atoms. The van der Waals surface area contributed by atoms with Crippen molar-refractivity contribution in [2.24, 2.45) is 0 Å². The molecule has 1 aromatic carbocycles. The Morgan fingerprint density at radius 1 is 1.23 bits per heavy atom. The van der Waals surface area contributed by atoms with Crippen molar-refractivity contribution in [1.82, 2.24) is 4.90 Å². The summed E-state index contributed by atoms with van der Waals surface area (Å²) in [5.41, 5.74) is 0.986. The Labute approximate surface area is 133 Å². The highest BCUT2D eigenvalue weighted by atomic mass is 16.3. The van der Waals surface area contributed by atoms with E-state index in [9.17, 15) is 9.90 Å². The highest BCUT2D eigenvalue weighted by Crippen LogP contribution is 2.25. The number of aliphatic hydroxyl groups is 1. The van der Waals surface area contributed by atoms with Gasteiger partial charge in [0, 0.05) is 24.3 Å². The number of amides is 1. The van der Waals surface area contributed by atoms with Crippen LogP contribution in [0.1, 0.15) is 39.5 Å². The van der Waals surface area contributed by atoms with E-state index >= 15 is 0 Å². The Kier molecular flexibility index (Phi) is 6.25. The first kappa shape index (κ1) is 16.8. The van der Waals surface area contributed by atoms with Crippen LogP contribution >= 0.6 is 0 Å². The number of nitrogens with zero attached hydrogens (tertiary/aromatic N) is 2. The molecular weight excluding hydrogens is 276 g/mol. The molecule has 4 heteroatoms. The third kappa shape index (κ3) is 4.23. The Morgan fingerprint density at radius 2 is 1.86 bits per heavy atom. The summed E-state index contributed by atoms with van der Waals surface area (Å²) in [6.07, 6.45) is 4.69. The van der Waals surface area contributed by atoms with Gasteiger partial charge in [-0.25, -0.2) is 0 Å². The zero-order chi connectivity index (χ0) is 15.9. The van der Waals surface area contributed by atoms with E-state index in [-0.39, 0.29) is 18.6 Å². The van der Waals surface area contributed by atoms with Crippen molar-refractivity contribution < 1.29 is 9.90 Å². The molecule has 0 aliphatic heterocycles. The number of aliphatic hydroxyl groups excluding tert-OH is 1. The molecule has 0 saturated heterocycles. The third-order valence-corrected chi connectivity index (χ3v) is 4.38. The average molecular weight is 304 g/mol. The lowest BCUT2D eigenvalue weighted by molar-refractivity contribution is -0.133. The number of rotatable bonds is 7. The van der Waals surface area contributed by atoms with Crippen molar-refractivity contribution in [2.75, 3.05) is 24.6 Å². The molecule has 0 atom stereocenters. The van der Waals surface area contributed by atoms with Crippen molar-refractivity contribution in [1.29, 1.82) is 0 Å². The van der Waals surface area contributed by atoms with E-state index in [1.54, 1.807) is 0 Å². The molecule has 0 unspecified atom stereocenters. The number of benzene rings is 1. The summed E-state index contributed by atoms with van der Waals surface area (Å²) in [5.74, 6) is 0.166. The molecule has 22 heavy (non-hydrogen) atoms. The topological polar surface area (TPSA) is 43.8 Å². The first-order valence-electron chi connectivity index (χ1n) is 8.35. The Balaban J connectivity index is 2.08. The molecule has 122 valence electrons. The molecule has 1 N–H and O–H groups in total. The number of anilines is 1. The van der Waals surface area contributed by atoms with Crippen LogP contribution in [-0.4, -0.2) is 47.7 Å². The van der Waals surface area contributed by atoms with Gasteiger partial charge in [0.15, 0.2) is 0 Å². The molecule has 1 saturated carbocycles. The van der Waals surface area contributed by atoms with Crippen LogP contribution in [0.5, 0.6) is 0 Å². The minimum Gasteiger partial charge on any atom is -0.395 e. The summed E-state index contributed by atoms with van der Waals surface area (Å²) in [6.45, 7) is 5.04. The maximum absolute atomic E-state index is 12.8. The highest BCUT2D eigenvalue weighted by Gasteiger charge is 2.29. The van der Waals surface area contributed by atoms with Crippen LogP contribution in [0.15, 0.2) is 30.3 Å². The van der Waals surface area contributed by atoms with Crippen molar-refractivity contribution >= 4 is 11.6 Å². The van der Waals surface area contributed by atoms with Gasteiger partial charge in [-0.3, -0.25) is 4.79 Å². The summed E-state index contributed by atoms with van der Waals surface area (Å²) >= 11 is 0. The molecule has 0 radical (unpaired) electrons. The van der Waals surface area contributed by atoms with Crippen LogP contribution in [-0.2, 0) is 4.79 Å². The normalized spacial score (nSPS) is 15.3. The van der Waals surface area contributed by atoms with E-state index in [1.165, 1.54) is 12.8 Å². The van der Waals surface area contributed by atoms with Crippen molar-refractivity contribution in [3.63, 3.8) is 0 Å². The van der Waals surface area contributed by atoms with Gasteiger partial charge in [0.2, 0.25) is 5.91 Å². The lowest BCUT2D eigenvalue weighted by Crippen LogP contribution is -2.48. The SMILES string of the molecule is CC(C)N(C(=O)CN(CCO)c1ccccc1)C1CCCC1. The van der Waals surface area contributed by atoms with Crippen LogP contribution in [0.4, 0.5) is 5.69 Å². The predicted octanol–water partition coefficient (Wildman–Crippen LogP) is 2.66. The second kappa shape index (κ2) is 8.18. The quantitative estimate of drug-likeness (QED) is 0.842. The first-order valence-corrected chi connectivity index (χ1v) is 8.35. The summed E-state index contributed by atoms with van der Waals surface area (Å²) in [6, 6.07) is 10.5. The molecule has 0 bridgehead atoms. The van der Waals surface area contributed by atoms with Crippen molar-refractivity contribution in [3.05, 3.63) is 30.3 Å². The summed E-state index contributed by atoms with van der Waals surface area (Å²) in [5, 5.41) is 9.30. The van der Waals surface area contributed by atoms with Gasteiger partial charge in [-0.2, -0.15) is 0 Å². The standard InChI is InChI=1S/C18H28N2O2/c1-15(2)20(17-10-6-7-11-17)18(22)14-19(12-13-21)16-8-4-3-5-9-16/h3-5,8-9,15,17,21H,6-7,10-14H2,1-2H3. The van der Waals surface area contributed by atoms with Gasteiger partial charge >= 0.3 is 0 Å². The summed E-state index contributed by atoms with van der Waals surface area (Å²) < 4.78 is 0. The number of carbonyl (C=O) groups is 1. The average Bonchev–Trinajstić information content (AvgIpc) is 3.01. The van der Waals surface area contributed by atoms with E-state index < -0.39 is 0 Å². The second-order valence-electron chi connectivity index (χ2n) is 6.31. The molecule has 1 fully saturated rings. The van der Waals surface area contributed by atoms with Crippen molar-refractivity contribution in [2.45, 2.75) is 51.6 Å². The number of hydrogen-bond acceptors (Lipinski definition) is 3. The van der Waals surface area contributed by atoms with E-state index in [0.717, 1.165) is 18.5 Å². The van der Waals surface area contributed by atoms with Gasteiger partial charge in [0.25, 0.3) is 0 Å². The fraction of sp³-hybridized carbons (Fsp3) is 0.611. The molecule has 1 amide bonds. The lowest BCUT2D eigenvalue weighted by Gasteiger charge is -2.35. The molecule has 0 aromatic heterocycles. The predicted molar refractivity (Wildman–Crippen MR) is 90.0 cm³/mol. The molecular formula is C18H28N2O2. The highest BCUT2D eigenvalue weighted by molar-refractivity contribution is 5.82. The van der Waals surface area contributed by atoms with E-state index in [1.807, 2.05) is 35.2 Å². The maximum Gasteiger partial charge on any atom is 0.242 e. The molecule has 0 heterocycles. The zero-order valence-electron chi connectivity index (χ0n) is 13.7. The van der Waals surface area contributed by atoms with E-state index in [2.05, 4.69) is 18.7 Å². The largest absolute Gasteiger partial charge is 0.395 e. The number of carbonyl (C=O) groups excluding carboxylic acids is 1. The van der Waals surface area contributed by atoms with Crippen LogP contribution < -0.4 is 4.90 Å². The van der Waals surface area contributed by atoms with Gasteiger partial charge in [-0.05, 0) is 38.8 Å². The summed E-state index contributed by atoms with van der Waals surface area (Å²) in [7, 11) is 0.